The molecule has 2 N–H and O–H groups in total. The number of benzene rings is 1. The van der Waals surface area contributed by atoms with Gasteiger partial charge in [-0.1, -0.05) is 23.9 Å². The van der Waals surface area contributed by atoms with E-state index in [2.05, 4.69) is 20.5 Å². The highest BCUT2D eigenvalue weighted by Crippen LogP contribution is 2.17. The fourth-order valence-corrected chi connectivity index (χ4v) is 2.06. The molecule has 0 aliphatic carbocycles. The highest BCUT2D eigenvalue weighted by atomic mass is 32.2. The summed E-state index contributed by atoms with van der Waals surface area (Å²) >= 11 is 1.24. The second-order valence-electron chi connectivity index (χ2n) is 3.73. The molecule has 0 saturated carbocycles. The molecule has 7 heteroatoms. The normalized spacial score (nSPS) is 10.2. The number of hydrogen-bond acceptors (Lipinski definition) is 5. The van der Waals surface area contributed by atoms with Crippen LogP contribution in [0.1, 0.15) is 17.3 Å². The van der Waals surface area contributed by atoms with Crippen LogP contribution in [0.4, 0.5) is 5.69 Å². The summed E-state index contributed by atoms with van der Waals surface area (Å²) in [5, 5.41) is 9.63. The van der Waals surface area contributed by atoms with Gasteiger partial charge < -0.3 is 5.32 Å². The number of thioether (sulfide) groups is 1. The molecule has 1 amide bonds. The summed E-state index contributed by atoms with van der Waals surface area (Å²) in [6, 6.07) is 6.91. The third kappa shape index (κ3) is 3.65. The van der Waals surface area contributed by atoms with E-state index in [1.807, 2.05) is 0 Å². The van der Waals surface area contributed by atoms with E-state index in [-0.39, 0.29) is 17.4 Å². The molecule has 0 fully saturated rings. The number of carbonyl (C=O) groups is 2. The summed E-state index contributed by atoms with van der Waals surface area (Å²) in [4.78, 5) is 27.1. The lowest BCUT2D eigenvalue weighted by atomic mass is 10.1. The number of rotatable bonds is 5. The maximum Gasteiger partial charge on any atom is 0.234 e. The fraction of sp³-hybridized carbons (Fsp3) is 0.167. The molecular formula is C12H12N4O2S. The molecule has 2 aromatic rings. The number of nitrogens with zero attached hydrogens (tertiary/aromatic N) is 2. The Morgan fingerprint density at radius 2 is 2.16 bits per heavy atom. The summed E-state index contributed by atoms with van der Waals surface area (Å²) in [6.07, 6.45) is 1.38. The van der Waals surface area contributed by atoms with Crippen LogP contribution in [0, 0.1) is 0 Å². The standard InChI is InChI=1S/C12H12N4O2S/c1-8(17)9-4-2-3-5-10(9)15-11(18)6-19-12-13-7-14-16-12/h2-5,7H,6H2,1H3,(H,15,18)(H,13,14,16). The Kier molecular flexibility index (Phi) is 4.30. The van der Waals surface area contributed by atoms with Crippen molar-refractivity contribution in [2.75, 3.05) is 11.1 Å². The number of hydrogen-bond donors (Lipinski definition) is 2. The Labute approximate surface area is 114 Å². The minimum Gasteiger partial charge on any atom is -0.325 e. The number of aromatic amines is 1. The lowest BCUT2D eigenvalue weighted by Crippen LogP contribution is -2.16. The van der Waals surface area contributed by atoms with Crippen molar-refractivity contribution in [3.63, 3.8) is 0 Å². The maximum atomic E-state index is 11.8. The van der Waals surface area contributed by atoms with Gasteiger partial charge in [0.25, 0.3) is 0 Å². The first kappa shape index (κ1) is 13.3. The van der Waals surface area contributed by atoms with Crippen molar-refractivity contribution >= 4 is 29.1 Å². The average Bonchev–Trinajstić information content (AvgIpc) is 2.90. The predicted octanol–water partition coefficient (Wildman–Crippen LogP) is 1.74. The molecule has 2 rings (SSSR count). The molecule has 0 bridgehead atoms. The molecule has 1 aromatic heterocycles. The van der Waals surface area contributed by atoms with Crippen molar-refractivity contribution < 1.29 is 9.59 Å². The van der Waals surface area contributed by atoms with E-state index in [1.165, 1.54) is 25.0 Å². The van der Waals surface area contributed by atoms with Crippen LogP contribution in [-0.4, -0.2) is 32.6 Å². The Balaban J connectivity index is 1.97. The maximum absolute atomic E-state index is 11.8. The van der Waals surface area contributed by atoms with E-state index in [1.54, 1.807) is 24.3 Å². The molecule has 1 heterocycles. The number of ketones is 1. The lowest BCUT2D eigenvalue weighted by Gasteiger charge is -2.08. The van der Waals surface area contributed by atoms with Crippen molar-refractivity contribution in [1.82, 2.24) is 15.2 Å². The third-order valence-corrected chi connectivity index (χ3v) is 3.19. The van der Waals surface area contributed by atoms with Gasteiger partial charge in [0.15, 0.2) is 10.9 Å². The number of amides is 1. The highest BCUT2D eigenvalue weighted by Gasteiger charge is 2.10. The molecular weight excluding hydrogens is 264 g/mol. The van der Waals surface area contributed by atoms with Gasteiger partial charge in [0.05, 0.1) is 11.4 Å². The average molecular weight is 276 g/mol. The number of H-pyrrole nitrogens is 1. The first-order valence-corrected chi connectivity index (χ1v) is 6.53. The van der Waals surface area contributed by atoms with Gasteiger partial charge in [-0.25, -0.2) is 4.98 Å². The molecule has 6 nitrogen and oxygen atoms in total. The van der Waals surface area contributed by atoms with Gasteiger partial charge in [-0.05, 0) is 19.1 Å². The first-order chi connectivity index (χ1) is 9.16. The zero-order valence-electron chi connectivity index (χ0n) is 10.2. The summed E-state index contributed by atoms with van der Waals surface area (Å²) in [7, 11) is 0. The summed E-state index contributed by atoms with van der Waals surface area (Å²) in [5.41, 5.74) is 1.03. The molecule has 98 valence electrons. The topological polar surface area (TPSA) is 87.7 Å². The van der Waals surface area contributed by atoms with Crippen LogP contribution in [-0.2, 0) is 4.79 Å². The van der Waals surface area contributed by atoms with Gasteiger partial charge in [-0.3, -0.25) is 14.7 Å². The minimum absolute atomic E-state index is 0.0845. The Bertz CT molecular complexity index is 583. The van der Waals surface area contributed by atoms with Crippen LogP contribution >= 0.6 is 11.8 Å². The number of anilines is 1. The van der Waals surface area contributed by atoms with Gasteiger partial charge in [0.1, 0.15) is 6.33 Å². The molecule has 19 heavy (non-hydrogen) atoms. The highest BCUT2D eigenvalue weighted by molar-refractivity contribution is 7.99. The number of para-hydroxylation sites is 1. The predicted molar refractivity (Wildman–Crippen MR) is 72.2 cm³/mol. The van der Waals surface area contributed by atoms with E-state index in [9.17, 15) is 9.59 Å². The van der Waals surface area contributed by atoms with Crippen LogP contribution in [0.25, 0.3) is 0 Å². The molecule has 0 aliphatic heterocycles. The van der Waals surface area contributed by atoms with Crippen LogP contribution in [0.15, 0.2) is 35.7 Å². The molecule has 0 saturated heterocycles. The SMILES string of the molecule is CC(=O)c1ccccc1NC(=O)CSc1ncn[nH]1. The van der Waals surface area contributed by atoms with Gasteiger partial charge >= 0.3 is 0 Å². The molecule has 1 aromatic carbocycles. The molecule has 0 spiro atoms. The van der Waals surface area contributed by atoms with E-state index < -0.39 is 0 Å². The van der Waals surface area contributed by atoms with E-state index in [0.717, 1.165) is 0 Å². The van der Waals surface area contributed by atoms with Crippen molar-refractivity contribution in [2.24, 2.45) is 0 Å². The van der Waals surface area contributed by atoms with Crippen molar-refractivity contribution in [2.45, 2.75) is 12.1 Å². The fourth-order valence-electron chi connectivity index (χ4n) is 1.48. The van der Waals surface area contributed by atoms with Crippen molar-refractivity contribution in [3.05, 3.63) is 36.2 Å². The van der Waals surface area contributed by atoms with Crippen LogP contribution in [0.5, 0.6) is 0 Å². The number of Topliss-reactive ketones (excluding diaryl/α,β-unsaturated/α-hetero) is 1. The van der Waals surface area contributed by atoms with Crippen molar-refractivity contribution in [3.8, 4) is 0 Å². The summed E-state index contributed by atoms with van der Waals surface area (Å²) < 4.78 is 0. The Morgan fingerprint density at radius 3 is 2.84 bits per heavy atom. The van der Waals surface area contributed by atoms with Crippen molar-refractivity contribution in [1.29, 1.82) is 0 Å². The quantitative estimate of drug-likeness (QED) is 0.641. The van der Waals surface area contributed by atoms with Gasteiger partial charge in [-0.2, -0.15) is 5.10 Å². The zero-order chi connectivity index (χ0) is 13.7. The summed E-state index contributed by atoms with van der Waals surface area (Å²) in [6.45, 7) is 1.47. The second-order valence-corrected chi connectivity index (χ2v) is 4.69. The smallest absolute Gasteiger partial charge is 0.234 e. The monoisotopic (exact) mass is 276 g/mol. The Morgan fingerprint density at radius 1 is 1.37 bits per heavy atom. The van der Waals surface area contributed by atoms with Gasteiger partial charge in [-0.15, -0.1) is 0 Å². The van der Waals surface area contributed by atoms with E-state index in [4.69, 9.17) is 0 Å². The third-order valence-electron chi connectivity index (χ3n) is 2.31. The van der Waals surface area contributed by atoms with Crippen LogP contribution in [0.2, 0.25) is 0 Å². The molecule has 0 atom stereocenters. The zero-order valence-corrected chi connectivity index (χ0v) is 11.0. The largest absolute Gasteiger partial charge is 0.325 e. The number of aromatic nitrogens is 3. The minimum atomic E-state index is -0.199. The number of nitrogens with one attached hydrogen (secondary N) is 2. The second kappa shape index (κ2) is 6.14. The van der Waals surface area contributed by atoms with Gasteiger partial charge in [0.2, 0.25) is 5.91 Å². The lowest BCUT2D eigenvalue weighted by molar-refractivity contribution is -0.113. The molecule has 0 aliphatic rings. The molecule has 0 radical (unpaired) electrons. The Hall–Kier alpha value is -2.15. The van der Waals surface area contributed by atoms with Crippen LogP contribution in [0.3, 0.4) is 0 Å². The van der Waals surface area contributed by atoms with Gasteiger partial charge in [0, 0.05) is 5.56 Å². The van der Waals surface area contributed by atoms with E-state index in [0.29, 0.717) is 16.4 Å². The first-order valence-electron chi connectivity index (χ1n) is 5.55. The molecule has 0 unspecified atom stereocenters. The van der Waals surface area contributed by atoms with E-state index >= 15 is 0 Å². The number of carbonyl (C=O) groups excluding carboxylic acids is 2. The van der Waals surface area contributed by atoms with Crippen LogP contribution < -0.4 is 5.32 Å². The summed E-state index contributed by atoms with van der Waals surface area (Å²) in [5.74, 6) is -0.0876.